The highest BCUT2D eigenvalue weighted by molar-refractivity contribution is 14.1. The predicted octanol–water partition coefficient (Wildman–Crippen LogP) is 15.0. The molecule has 7 nitrogen and oxygen atoms in total. The summed E-state index contributed by atoms with van der Waals surface area (Å²) in [6, 6.07) is 58.3. The SMILES string of the molecule is Brc1ccc2oc3ccc(-n4c5ccccc5n5c6ccccc6nc45)cc3c2c1.Brc1ccc2oc3ccc(I)cc3c2c1.c1ccc2c(c1)Cc1nc3ccccc3n1-2. The molecular formula is C51H30Br2IN5O2. The first-order valence-electron chi connectivity index (χ1n) is 19.8. The third kappa shape index (κ3) is 6.10. The highest BCUT2D eigenvalue weighted by Crippen LogP contribution is 2.36. The second-order valence-electron chi connectivity index (χ2n) is 15.0. The molecule has 0 unspecified atom stereocenters. The molecule has 292 valence electrons. The summed E-state index contributed by atoms with van der Waals surface area (Å²) in [4.78, 5) is 9.64. The molecule has 0 radical (unpaired) electrons. The van der Waals surface area contributed by atoms with Crippen molar-refractivity contribution in [3.63, 3.8) is 0 Å². The number of imidazole rings is 3. The van der Waals surface area contributed by atoms with E-state index in [0.717, 1.165) is 98.7 Å². The van der Waals surface area contributed by atoms with Crippen LogP contribution in [-0.2, 0) is 6.42 Å². The number of halogens is 3. The monoisotopic (exact) mass is 1030 g/mol. The number of rotatable bonds is 1. The molecule has 1 aliphatic rings. The Balaban J connectivity index is 0.000000108. The van der Waals surface area contributed by atoms with Crippen molar-refractivity contribution < 1.29 is 8.83 Å². The summed E-state index contributed by atoms with van der Waals surface area (Å²) in [6.07, 6.45) is 0.949. The summed E-state index contributed by atoms with van der Waals surface area (Å²) in [5.74, 6) is 2.06. The van der Waals surface area contributed by atoms with Gasteiger partial charge in [0.2, 0.25) is 5.78 Å². The van der Waals surface area contributed by atoms with Crippen molar-refractivity contribution in [3.8, 4) is 11.4 Å². The lowest BCUT2D eigenvalue weighted by molar-refractivity contribution is 0.668. The molecule has 5 aromatic heterocycles. The van der Waals surface area contributed by atoms with E-state index in [9.17, 15) is 0 Å². The average molecular weight is 1030 g/mol. The lowest BCUT2D eigenvalue weighted by atomic mass is 10.1. The summed E-state index contributed by atoms with van der Waals surface area (Å²) in [6.45, 7) is 0. The van der Waals surface area contributed by atoms with Crippen LogP contribution in [0.15, 0.2) is 188 Å². The Morgan fingerprint density at radius 1 is 0.475 bits per heavy atom. The molecule has 0 saturated carbocycles. The largest absolute Gasteiger partial charge is 0.456 e. The van der Waals surface area contributed by atoms with Gasteiger partial charge in [-0.25, -0.2) is 9.97 Å². The lowest BCUT2D eigenvalue weighted by Crippen LogP contribution is -1.94. The maximum absolute atomic E-state index is 6.05. The summed E-state index contributed by atoms with van der Waals surface area (Å²) < 4.78 is 21.9. The molecule has 0 spiro atoms. The lowest BCUT2D eigenvalue weighted by Gasteiger charge is -2.05. The van der Waals surface area contributed by atoms with Crippen molar-refractivity contribution in [2.24, 2.45) is 0 Å². The van der Waals surface area contributed by atoms with E-state index in [1.54, 1.807) is 0 Å². The highest BCUT2D eigenvalue weighted by Gasteiger charge is 2.22. The highest BCUT2D eigenvalue weighted by atomic mass is 127. The molecule has 13 aromatic rings. The Bertz CT molecular complexity index is 3820. The van der Waals surface area contributed by atoms with Crippen LogP contribution in [0.3, 0.4) is 0 Å². The number of nitrogens with zero attached hydrogens (tertiary/aromatic N) is 5. The van der Waals surface area contributed by atoms with Crippen molar-refractivity contribution in [2.45, 2.75) is 6.42 Å². The Kier molecular flexibility index (Phi) is 8.69. The third-order valence-electron chi connectivity index (χ3n) is 11.4. The first-order valence-corrected chi connectivity index (χ1v) is 22.4. The van der Waals surface area contributed by atoms with Crippen molar-refractivity contribution in [1.29, 1.82) is 0 Å². The standard InChI is InChI=1S/C25H14BrN3O.C14H10N2.C12H6BrIO/c26-15-9-11-23-17(13-15)18-14-16(10-12-24(18)30-23)28-21-7-3-4-8-22(21)29-20-6-2-1-5-19(20)27-25(28)29;1-3-7-12-10(5-1)9-14-15-11-6-2-4-8-13(11)16(12)14;13-7-1-3-11-9(5-7)10-6-8(14)2-4-12(10)15-11/h1-14H;1-8H,9H2;1-6H. The molecule has 0 saturated heterocycles. The van der Waals surface area contributed by atoms with Crippen molar-refractivity contribution >= 4 is 137 Å². The maximum Gasteiger partial charge on any atom is 0.220 e. The van der Waals surface area contributed by atoms with Crippen LogP contribution >= 0.6 is 54.5 Å². The van der Waals surface area contributed by atoms with Crippen LogP contribution in [0.5, 0.6) is 0 Å². The molecule has 0 amide bonds. The van der Waals surface area contributed by atoms with E-state index in [1.165, 1.54) is 25.7 Å². The molecule has 61 heavy (non-hydrogen) atoms. The van der Waals surface area contributed by atoms with Gasteiger partial charge in [0.25, 0.3) is 0 Å². The summed E-state index contributed by atoms with van der Waals surface area (Å²) >= 11 is 9.38. The fourth-order valence-electron chi connectivity index (χ4n) is 8.72. The number of furan rings is 2. The number of para-hydroxylation sites is 7. The predicted molar refractivity (Wildman–Crippen MR) is 263 cm³/mol. The minimum Gasteiger partial charge on any atom is -0.456 e. The molecule has 0 fully saturated rings. The van der Waals surface area contributed by atoms with Crippen molar-refractivity contribution in [2.75, 3.05) is 0 Å². The number of hydrogen-bond acceptors (Lipinski definition) is 4. The molecule has 10 heteroatoms. The molecule has 14 rings (SSSR count). The summed E-state index contributed by atoms with van der Waals surface area (Å²) in [7, 11) is 0. The van der Waals surface area contributed by atoms with Gasteiger partial charge in [0.1, 0.15) is 28.2 Å². The Labute approximate surface area is 378 Å². The van der Waals surface area contributed by atoms with Crippen LogP contribution in [0.4, 0.5) is 0 Å². The zero-order valence-electron chi connectivity index (χ0n) is 32.1. The molecule has 8 aromatic carbocycles. The van der Waals surface area contributed by atoms with Gasteiger partial charge in [0.05, 0.1) is 44.5 Å². The normalized spacial score (nSPS) is 12.1. The van der Waals surface area contributed by atoms with Gasteiger partial charge >= 0.3 is 0 Å². The van der Waals surface area contributed by atoms with Crippen LogP contribution in [0, 0.1) is 3.57 Å². The van der Waals surface area contributed by atoms with E-state index in [2.05, 4.69) is 194 Å². The van der Waals surface area contributed by atoms with Crippen LogP contribution in [0.25, 0.3) is 94.1 Å². The fraction of sp³-hybridized carbons (Fsp3) is 0.0196. The molecule has 0 aliphatic carbocycles. The fourth-order valence-corrected chi connectivity index (χ4v) is 9.93. The quantitative estimate of drug-likeness (QED) is 0.154. The molecule has 6 heterocycles. The molecular weight excluding hydrogens is 1000 g/mol. The molecule has 0 N–H and O–H groups in total. The van der Waals surface area contributed by atoms with Gasteiger partial charge in [-0.05, 0) is 143 Å². The molecule has 1 aliphatic heterocycles. The summed E-state index contributed by atoms with van der Waals surface area (Å²) in [5.41, 5.74) is 14.0. The average Bonchev–Trinajstić information content (AvgIpc) is 4.13. The second kappa shape index (κ2) is 14.5. The number of benzene rings is 8. The van der Waals surface area contributed by atoms with Gasteiger partial charge in [-0.3, -0.25) is 13.5 Å². The number of aromatic nitrogens is 5. The van der Waals surface area contributed by atoms with Gasteiger partial charge in [-0.15, -0.1) is 0 Å². The molecule has 0 atom stereocenters. The van der Waals surface area contributed by atoms with E-state index in [1.807, 2.05) is 48.5 Å². The van der Waals surface area contributed by atoms with E-state index in [0.29, 0.717) is 0 Å². The van der Waals surface area contributed by atoms with Gasteiger partial charge in [0, 0.05) is 40.5 Å². The van der Waals surface area contributed by atoms with Gasteiger partial charge < -0.3 is 8.83 Å². The van der Waals surface area contributed by atoms with E-state index in [-0.39, 0.29) is 0 Å². The van der Waals surface area contributed by atoms with Crippen LogP contribution in [0.1, 0.15) is 11.4 Å². The Hall–Kier alpha value is -6.21. The number of fused-ring (bicyclic) bond motifs is 16. The van der Waals surface area contributed by atoms with Crippen molar-refractivity contribution in [1.82, 2.24) is 23.5 Å². The van der Waals surface area contributed by atoms with Gasteiger partial charge in [0.15, 0.2) is 0 Å². The molecule has 0 bridgehead atoms. The first kappa shape index (κ1) is 36.6. The first-order chi connectivity index (χ1) is 29.9. The zero-order valence-corrected chi connectivity index (χ0v) is 37.4. The van der Waals surface area contributed by atoms with E-state index in [4.69, 9.17) is 13.8 Å². The third-order valence-corrected chi connectivity index (χ3v) is 13.0. The van der Waals surface area contributed by atoms with Crippen molar-refractivity contribution in [3.05, 3.63) is 194 Å². The zero-order chi connectivity index (χ0) is 40.8. The smallest absolute Gasteiger partial charge is 0.220 e. The van der Waals surface area contributed by atoms with Crippen LogP contribution in [-0.4, -0.2) is 23.5 Å². The maximum atomic E-state index is 6.05. The van der Waals surface area contributed by atoms with Gasteiger partial charge in [-0.2, -0.15) is 0 Å². The van der Waals surface area contributed by atoms with E-state index >= 15 is 0 Å². The number of hydrogen-bond donors (Lipinski definition) is 0. The second-order valence-corrected chi connectivity index (χ2v) is 18.1. The summed E-state index contributed by atoms with van der Waals surface area (Å²) in [5, 5.41) is 4.54. The minimum atomic E-state index is 0.882. The Morgan fingerprint density at radius 3 is 1.74 bits per heavy atom. The topological polar surface area (TPSA) is 66.3 Å². The van der Waals surface area contributed by atoms with Gasteiger partial charge in [-0.1, -0.05) is 86.5 Å². The van der Waals surface area contributed by atoms with Crippen LogP contribution in [0.2, 0.25) is 0 Å². The van der Waals surface area contributed by atoms with E-state index < -0.39 is 0 Å². The van der Waals surface area contributed by atoms with Crippen LogP contribution < -0.4 is 0 Å². The minimum absolute atomic E-state index is 0.882. The Morgan fingerprint density at radius 2 is 1.02 bits per heavy atom.